The zero-order chi connectivity index (χ0) is 15.9. The second-order valence-corrected chi connectivity index (χ2v) is 5.80. The van der Waals surface area contributed by atoms with E-state index in [-0.39, 0.29) is 12.5 Å². The molecule has 116 valence electrons. The van der Waals surface area contributed by atoms with Crippen molar-refractivity contribution in [3.05, 3.63) is 63.6 Å². The fraction of sp³-hybridized carbons (Fsp3) is 0.235. The quantitative estimate of drug-likeness (QED) is 0.863. The van der Waals surface area contributed by atoms with Crippen LogP contribution in [0.5, 0.6) is 5.75 Å². The second-order valence-electron chi connectivity index (χ2n) is 4.93. The lowest BCUT2D eigenvalue weighted by atomic mass is 10.1. The molecule has 2 aromatic carbocycles. The van der Waals surface area contributed by atoms with Gasteiger partial charge in [0.15, 0.2) is 6.61 Å². The third-order valence-corrected chi connectivity index (χ3v) is 3.59. The van der Waals surface area contributed by atoms with Gasteiger partial charge >= 0.3 is 0 Å². The highest BCUT2D eigenvalue weighted by molar-refractivity contribution is 6.30. The second kappa shape index (κ2) is 8.06. The van der Waals surface area contributed by atoms with Gasteiger partial charge in [0.2, 0.25) is 0 Å². The van der Waals surface area contributed by atoms with Crippen molar-refractivity contribution in [1.82, 2.24) is 5.32 Å². The molecular weight excluding hydrogens is 321 g/mol. The highest BCUT2D eigenvalue weighted by Gasteiger charge is 2.05. The number of rotatable bonds is 6. The van der Waals surface area contributed by atoms with Gasteiger partial charge in [0.25, 0.3) is 5.91 Å². The Morgan fingerprint density at radius 2 is 1.91 bits per heavy atom. The van der Waals surface area contributed by atoms with E-state index in [9.17, 15) is 4.79 Å². The van der Waals surface area contributed by atoms with Crippen LogP contribution in [-0.4, -0.2) is 19.1 Å². The molecule has 0 heterocycles. The monoisotopic (exact) mass is 337 g/mol. The number of carbonyl (C=O) groups is 1. The molecule has 1 N–H and O–H groups in total. The SMILES string of the molecule is Cc1cc(Cl)ccc1OCC(=O)NCCc1cccc(Cl)c1. The van der Waals surface area contributed by atoms with Crippen LogP contribution in [0.2, 0.25) is 10.0 Å². The minimum absolute atomic E-state index is 0.0159. The first-order valence-electron chi connectivity index (χ1n) is 6.94. The molecule has 0 aromatic heterocycles. The first-order valence-corrected chi connectivity index (χ1v) is 7.70. The van der Waals surface area contributed by atoms with Gasteiger partial charge in [-0.05, 0) is 54.8 Å². The zero-order valence-corrected chi connectivity index (χ0v) is 13.7. The van der Waals surface area contributed by atoms with Gasteiger partial charge in [-0.1, -0.05) is 35.3 Å². The maximum Gasteiger partial charge on any atom is 0.257 e. The van der Waals surface area contributed by atoms with Crippen molar-refractivity contribution in [2.45, 2.75) is 13.3 Å². The molecule has 0 aliphatic carbocycles. The van der Waals surface area contributed by atoms with Gasteiger partial charge in [-0.25, -0.2) is 0 Å². The number of amides is 1. The maximum atomic E-state index is 11.8. The van der Waals surface area contributed by atoms with Crippen LogP contribution in [0.1, 0.15) is 11.1 Å². The zero-order valence-electron chi connectivity index (χ0n) is 12.2. The highest BCUT2D eigenvalue weighted by atomic mass is 35.5. The molecule has 0 saturated heterocycles. The summed E-state index contributed by atoms with van der Waals surface area (Å²) in [6.45, 7) is 2.42. The molecule has 0 bridgehead atoms. The summed E-state index contributed by atoms with van der Waals surface area (Å²) in [5.74, 6) is 0.505. The van der Waals surface area contributed by atoms with Crippen molar-refractivity contribution in [3.63, 3.8) is 0 Å². The number of halogens is 2. The van der Waals surface area contributed by atoms with E-state index in [1.165, 1.54) is 0 Å². The molecular formula is C17H17Cl2NO2. The van der Waals surface area contributed by atoms with Crippen molar-refractivity contribution in [2.24, 2.45) is 0 Å². The summed E-state index contributed by atoms with van der Waals surface area (Å²) in [6, 6.07) is 12.9. The molecule has 0 atom stereocenters. The van der Waals surface area contributed by atoms with Crippen molar-refractivity contribution in [2.75, 3.05) is 13.2 Å². The Bertz CT molecular complexity index is 659. The first-order chi connectivity index (χ1) is 10.5. The first kappa shape index (κ1) is 16.7. The van der Waals surface area contributed by atoms with E-state index in [1.54, 1.807) is 18.2 Å². The average molecular weight is 338 g/mol. The number of benzene rings is 2. The Balaban J connectivity index is 1.74. The minimum Gasteiger partial charge on any atom is -0.484 e. The van der Waals surface area contributed by atoms with Gasteiger partial charge in [0, 0.05) is 16.6 Å². The largest absolute Gasteiger partial charge is 0.484 e. The molecule has 22 heavy (non-hydrogen) atoms. The van der Waals surface area contributed by atoms with Gasteiger partial charge in [-0.3, -0.25) is 4.79 Å². The fourth-order valence-corrected chi connectivity index (χ4v) is 2.45. The number of carbonyl (C=O) groups excluding carboxylic acids is 1. The number of ether oxygens (including phenoxy) is 1. The lowest BCUT2D eigenvalue weighted by molar-refractivity contribution is -0.123. The molecule has 0 aliphatic rings. The number of aryl methyl sites for hydroxylation is 1. The van der Waals surface area contributed by atoms with Crippen LogP contribution < -0.4 is 10.1 Å². The van der Waals surface area contributed by atoms with Crippen LogP contribution in [-0.2, 0) is 11.2 Å². The van der Waals surface area contributed by atoms with Gasteiger partial charge in [-0.15, -0.1) is 0 Å². The maximum absolute atomic E-state index is 11.8. The summed E-state index contributed by atoms with van der Waals surface area (Å²) < 4.78 is 5.48. The average Bonchev–Trinajstić information content (AvgIpc) is 2.46. The Hall–Kier alpha value is -1.71. The van der Waals surface area contributed by atoms with Crippen LogP contribution in [0.3, 0.4) is 0 Å². The number of hydrogen-bond acceptors (Lipinski definition) is 2. The molecule has 0 fully saturated rings. The normalized spacial score (nSPS) is 10.3. The molecule has 0 unspecified atom stereocenters. The summed E-state index contributed by atoms with van der Waals surface area (Å²) in [7, 11) is 0. The van der Waals surface area contributed by atoms with E-state index in [4.69, 9.17) is 27.9 Å². The molecule has 3 nitrogen and oxygen atoms in total. The Morgan fingerprint density at radius 3 is 2.64 bits per heavy atom. The van der Waals surface area contributed by atoms with Gasteiger partial charge in [-0.2, -0.15) is 0 Å². The van der Waals surface area contributed by atoms with E-state index in [2.05, 4.69) is 5.32 Å². The van der Waals surface area contributed by atoms with Crippen LogP contribution in [0.15, 0.2) is 42.5 Å². The molecule has 0 spiro atoms. The third kappa shape index (κ3) is 5.24. The van der Waals surface area contributed by atoms with Crippen molar-refractivity contribution in [3.8, 4) is 5.75 Å². The smallest absolute Gasteiger partial charge is 0.257 e. The summed E-state index contributed by atoms with van der Waals surface area (Å²) in [5.41, 5.74) is 1.99. The van der Waals surface area contributed by atoms with Crippen molar-refractivity contribution in [1.29, 1.82) is 0 Å². The van der Waals surface area contributed by atoms with Gasteiger partial charge < -0.3 is 10.1 Å². The van der Waals surface area contributed by atoms with E-state index < -0.39 is 0 Å². The molecule has 2 aromatic rings. The number of nitrogens with one attached hydrogen (secondary N) is 1. The highest BCUT2D eigenvalue weighted by Crippen LogP contribution is 2.21. The lowest BCUT2D eigenvalue weighted by Crippen LogP contribution is -2.30. The molecule has 2 rings (SSSR count). The molecule has 0 radical (unpaired) electrons. The molecule has 0 saturated carbocycles. The minimum atomic E-state index is -0.156. The van der Waals surface area contributed by atoms with E-state index in [0.717, 1.165) is 17.5 Å². The number of hydrogen-bond donors (Lipinski definition) is 1. The van der Waals surface area contributed by atoms with Gasteiger partial charge in [0.1, 0.15) is 5.75 Å². The van der Waals surface area contributed by atoms with Crippen molar-refractivity contribution < 1.29 is 9.53 Å². The summed E-state index contributed by atoms with van der Waals surface area (Å²) >= 11 is 11.8. The van der Waals surface area contributed by atoms with Crippen LogP contribution in [0, 0.1) is 6.92 Å². The van der Waals surface area contributed by atoms with E-state index in [0.29, 0.717) is 22.3 Å². The fourth-order valence-electron chi connectivity index (χ4n) is 2.01. The van der Waals surface area contributed by atoms with Crippen LogP contribution in [0.4, 0.5) is 0 Å². The molecule has 5 heteroatoms. The molecule has 0 aliphatic heterocycles. The Labute approximate surface area is 140 Å². The van der Waals surface area contributed by atoms with Crippen LogP contribution in [0.25, 0.3) is 0 Å². The van der Waals surface area contributed by atoms with E-state index in [1.807, 2.05) is 31.2 Å². The van der Waals surface area contributed by atoms with E-state index >= 15 is 0 Å². The predicted molar refractivity (Wildman–Crippen MR) is 89.8 cm³/mol. The molecule has 1 amide bonds. The third-order valence-electron chi connectivity index (χ3n) is 3.12. The summed E-state index contributed by atoms with van der Waals surface area (Å²) in [5, 5.41) is 4.17. The standard InChI is InChI=1S/C17H17Cl2NO2/c1-12-9-15(19)5-6-16(12)22-11-17(21)20-8-7-13-3-2-4-14(18)10-13/h2-6,9-10H,7-8,11H2,1H3,(H,20,21). The topological polar surface area (TPSA) is 38.3 Å². The lowest BCUT2D eigenvalue weighted by Gasteiger charge is -2.10. The summed E-state index contributed by atoms with van der Waals surface area (Å²) in [4.78, 5) is 11.8. The van der Waals surface area contributed by atoms with Crippen LogP contribution >= 0.6 is 23.2 Å². The van der Waals surface area contributed by atoms with Gasteiger partial charge in [0.05, 0.1) is 0 Å². The Morgan fingerprint density at radius 1 is 1.14 bits per heavy atom. The Kier molecular flexibility index (Phi) is 6.10. The summed E-state index contributed by atoms with van der Waals surface area (Å²) in [6.07, 6.45) is 0.728. The van der Waals surface area contributed by atoms with Crippen molar-refractivity contribution >= 4 is 29.1 Å². The predicted octanol–water partition coefficient (Wildman–Crippen LogP) is 4.04.